The SMILES string of the molecule is COc1ccc(NC(=O)C(Sc2cccc(NC(=O)c3ccccc3C)c2)c2ccccc2)cc1Cl. The van der Waals surface area contributed by atoms with E-state index in [4.69, 9.17) is 16.3 Å². The first-order chi connectivity index (χ1) is 17.4. The number of anilines is 2. The van der Waals surface area contributed by atoms with Gasteiger partial charge in [0.15, 0.2) is 0 Å². The molecule has 36 heavy (non-hydrogen) atoms. The van der Waals surface area contributed by atoms with E-state index in [9.17, 15) is 9.59 Å². The van der Waals surface area contributed by atoms with Gasteiger partial charge in [-0.2, -0.15) is 0 Å². The molecule has 7 heteroatoms. The van der Waals surface area contributed by atoms with Crippen LogP contribution in [0.25, 0.3) is 0 Å². The lowest BCUT2D eigenvalue weighted by Crippen LogP contribution is -2.19. The van der Waals surface area contributed by atoms with Gasteiger partial charge in [0.05, 0.1) is 12.1 Å². The molecule has 1 unspecified atom stereocenters. The minimum absolute atomic E-state index is 0.177. The maximum Gasteiger partial charge on any atom is 0.255 e. The molecule has 4 aromatic carbocycles. The van der Waals surface area contributed by atoms with E-state index in [-0.39, 0.29) is 11.8 Å². The Morgan fingerprint density at radius 2 is 1.56 bits per heavy atom. The zero-order chi connectivity index (χ0) is 25.5. The van der Waals surface area contributed by atoms with E-state index < -0.39 is 5.25 Å². The van der Waals surface area contributed by atoms with Gasteiger partial charge in [-0.05, 0) is 60.5 Å². The summed E-state index contributed by atoms with van der Waals surface area (Å²) in [7, 11) is 1.54. The maximum absolute atomic E-state index is 13.4. The van der Waals surface area contributed by atoms with Crippen molar-refractivity contribution >= 4 is 46.6 Å². The van der Waals surface area contributed by atoms with E-state index >= 15 is 0 Å². The summed E-state index contributed by atoms with van der Waals surface area (Å²) in [6.45, 7) is 1.90. The molecule has 1 atom stereocenters. The van der Waals surface area contributed by atoms with Gasteiger partial charge in [0.2, 0.25) is 5.91 Å². The van der Waals surface area contributed by atoms with Crippen LogP contribution in [0, 0.1) is 6.92 Å². The second-order valence-corrected chi connectivity index (χ2v) is 9.63. The van der Waals surface area contributed by atoms with Crippen LogP contribution in [-0.2, 0) is 4.79 Å². The van der Waals surface area contributed by atoms with Crippen LogP contribution >= 0.6 is 23.4 Å². The fraction of sp³-hybridized carbons (Fsp3) is 0.103. The average Bonchev–Trinajstić information content (AvgIpc) is 2.88. The Kier molecular flexibility index (Phi) is 8.31. The molecule has 4 rings (SSSR count). The van der Waals surface area contributed by atoms with E-state index in [1.165, 1.54) is 11.8 Å². The summed E-state index contributed by atoms with van der Waals surface area (Å²) in [5.74, 6) is 0.166. The van der Waals surface area contributed by atoms with E-state index in [1.54, 1.807) is 31.4 Å². The molecule has 182 valence electrons. The van der Waals surface area contributed by atoms with Crippen LogP contribution in [0.2, 0.25) is 5.02 Å². The minimum Gasteiger partial charge on any atom is -0.495 e. The molecule has 5 nitrogen and oxygen atoms in total. The first-order valence-electron chi connectivity index (χ1n) is 11.3. The highest BCUT2D eigenvalue weighted by Crippen LogP contribution is 2.38. The molecule has 0 saturated carbocycles. The molecular weight excluding hydrogens is 492 g/mol. The van der Waals surface area contributed by atoms with Gasteiger partial charge in [0.1, 0.15) is 11.0 Å². The maximum atomic E-state index is 13.4. The van der Waals surface area contributed by atoms with Crippen LogP contribution in [0.15, 0.2) is 102 Å². The third-order valence-corrected chi connectivity index (χ3v) is 7.04. The Balaban J connectivity index is 1.55. The Hall–Kier alpha value is -3.74. The molecule has 0 bridgehead atoms. The number of benzene rings is 4. The fourth-order valence-electron chi connectivity index (χ4n) is 3.66. The number of methoxy groups -OCH3 is 1. The highest BCUT2D eigenvalue weighted by Gasteiger charge is 2.23. The van der Waals surface area contributed by atoms with Crippen molar-refractivity contribution in [1.82, 2.24) is 0 Å². The van der Waals surface area contributed by atoms with E-state index in [2.05, 4.69) is 10.6 Å². The Labute approximate surface area is 219 Å². The summed E-state index contributed by atoms with van der Waals surface area (Å²) >= 11 is 7.64. The highest BCUT2D eigenvalue weighted by molar-refractivity contribution is 8.00. The van der Waals surface area contributed by atoms with Crippen LogP contribution in [0.1, 0.15) is 26.7 Å². The second kappa shape index (κ2) is 11.8. The molecule has 2 amide bonds. The van der Waals surface area contributed by atoms with Crippen LogP contribution in [0.3, 0.4) is 0 Å². The number of ether oxygens (including phenoxy) is 1. The third-order valence-electron chi connectivity index (χ3n) is 5.50. The van der Waals surface area contributed by atoms with Gasteiger partial charge < -0.3 is 15.4 Å². The zero-order valence-corrected chi connectivity index (χ0v) is 21.4. The molecule has 2 N–H and O–H groups in total. The molecule has 0 fully saturated rings. The van der Waals surface area contributed by atoms with Crippen LogP contribution in [0.5, 0.6) is 5.75 Å². The van der Waals surface area contributed by atoms with Crippen molar-refractivity contribution in [1.29, 1.82) is 0 Å². The third kappa shape index (κ3) is 6.27. The smallest absolute Gasteiger partial charge is 0.255 e. The average molecular weight is 517 g/mol. The van der Waals surface area contributed by atoms with Gasteiger partial charge in [-0.1, -0.05) is 66.2 Å². The summed E-state index contributed by atoms with van der Waals surface area (Å²) in [6.07, 6.45) is 0. The summed E-state index contributed by atoms with van der Waals surface area (Å²) in [6, 6.07) is 29.6. The first kappa shape index (κ1) is 25.4. The molecule has 0 aliphatic rings. The van der Waals surface area contributed by atoms with Gasteiger partial charge >= 0.3 is 0 Å². The number of aryl methyl sites for hydroxylation is 1. The molecule has 0 aliphatic carbocycles. The predicted octanol–water partition coefficient (Wildman–Crippen LogP) is 7.38. The Morgan fingerprint density at radius 1 is 0.833 bits per heavy atom. The summed E-state index contributed by atoms with van der Waals surface area (Å²) < 4.78 is 5.20. The Morgan fingerprint density at radius 3 is 2.28 bits per heavy atom. The van der Waals surface area contributed by atoms with E-state index in [0.29, 0.717) is 27.7 Å². The number of hydrogen-bond donors (Lipinski definition) is 2. The quantitative estimate of drug-likeness (QED) is 0.240. The van der Waals surface area contributed by atoms with Crippen molar-refractivity contribution in [3.63, 3.8) is 0 Å². The monoisotopic (exact) mass is 516 g/mol. The number of thioether (sulfide) groups is 1. The molecule has 0 aromatic heterocycles. The lowest BCUT2D eigenvalue weighted by atomic mass is 10.1. The summed E-state index contributed by atoms with van der Waals surface area (Å²) in [4.78, 5) is 27.0. The van der Waals surface area contributed by atoms with Crippen LogP contribution in [0.4, 0.5) is 11.4 Å². The van der Waals surface area contributed by atoms with Crippen molar-refractivity contribution in [3.8, 4) is 5.75 Å². The largest absolute Gasteiger partial charge is 0.495 e. The molecule has 0 heterocycles. The van der Waals surface area contributed by atoms with Gasteiger partial charge in [-0.25, -0.2) is 0 Å². The van der Waals surface area contributed by atoms with Crippen molar-refractivity contribution in [2.75, 3.05) is 17.7 Å². The van der Waals surface area contributed by atoms with Crippen molar-refractivity contribution < 1.29 is 14.3 Å². The number of halogens is 1. The lowest BCUT2D eigenvalue weighted by molar-refractivity contribution is -0.115. The fourth-order valence-corrected chi connectivity index (χ4v) is 5.00. The number of carbonyl (C=O) groups excluding carboxylic acids is 2. The topological polar surface area (TPSA) is 67.4 Å². The van der Waals surface area contributed by atoms with Gasteiger partial charge in [0.25, 0.3) is 5.91 Å². The number of amides is 2. The van der Waals surface area contributed by atoms with Crippen LogP contribution in [-0.4, -0.2) is 18.9 Å². The summed E-state index contributed by atoms with van der Waals surface area (Å²) in [5, 5.41) is 5.80. The number of nitrogens with one attached hydrogen (secondary N) is 2. The van der Waals surface area contributed by atoms with Gasteiger partial charge in [0, 0.05) is 21.8 Å². The lowest BCUT2D eigenvalue weighted by Gasteiger charge is -2.18. The standard InChI is InChI=1S/C29H25ClN2O3S/c1-19-9-6-7-14-24(19)28(33)31-21-12-8-13-23(17-21)36-27(20-10-4-3-5-11-20)29(34)32-22-15-16-26(35-2)25(30)18-22/h3-18,27H,1-2H3,(H,31,33)(H,32,34). The second-order valence-electron chi connectivity index (χ2n) is 8.04. The van der Waals surface area contributed by atoms with E-state index in [0.717, 1.165) is 16.0 Å². The van der Waals surface area contributed by atoms with Crippen LogP contribution < -0.4 is 15.4 Å². The molecule has 0 aliphatic heterocycles. The summed E-state index contributed by atoms with van der Waals surface area (Å²) in [5.41, 5.74) is 3.61. The normalized spacial score (nSPS) is 11.4. The number of carbonyl (C=O) groups is 2. The van der Waals surface area contributed by atoms with Crippen molar-refractivity contribution in [2.45, 2.75) is 17.1 Å². The highest BCUT2D eigenvalue weighted by atomic mass is 35.5. The van der Waals surface area contributed by atoms with Crippen molar-refractivity contribution in [3.05, 3.63) is 119 Å². The predicted molar refractivity (Wildman–Crippen MR) is 147 cm³/mol. The minimum atomic E-state index is -0.533. The molecular formula is C29H25ClN2O3S. The molecule has 0 spiro atoms. The number of hydrogen-bond acceptors (Lipinski definition) is 4. The van der Waals surface area contributed by atoms with Gasteiger partial charge in [-0.15, -0.1) is 11.8 Å². The Bertz CT molecular complexity index is 1380. The number of rotatable bonds is 8. The molecule has 0 saturated heterocycles. The molecule has 4 aromatic rings. The van der Waals surface area contributed by atoms with Gasteiger partial charge in [-0.3, -0.25) is 9.59 Å². The zero-order valence-electron chi connectivity index (χ0n) is 19.8. The van der Waals surface area contributed by atoms with Crippen molar-refractivity contribution in [2.24, 2.45) is 0 Å². The van der Waals surface area contributed by atoms with E-state index in [1.807, 2.05) is 79.7 Å². The first-order valence-corrected chi connectivity index (χ1v) is 12.5. The molecule has 0 radical (unpaired) electrons.